The van der Waals surface area contributed by atoms with Crippen molar-refractivity contribution < 1.29 is 18.8 Å². The molecule has 0 amide bonds. The van der Waals surface area contributed by atoms with Crippen molar-refractivity contribution in [2.45, 2.75) is 0 Å². The Morgan fingerprint density at radius 3 is 2.58 bits per heavy atom. The molecular weight excluding hydrogens is 253 g/mol. The van der Waals surface area contributed by atoms with E-state index in [9.17, 15) is 19.3 Å². The number of halogens is 1. The second-order valence-corrected chi connectivity index (χ2v) is 3.63. The van der Waals surface area contributed by atoms with Gasteiger partial charge in [0.25, 0.3) is 0 Å². The van der Waals surface area contributed by atoms with E-state index >= 15 is 0 Å². The van der Waals surface area contributed by atoms with Gasteiger partial charge in [0.1, 0.15) is 11.5 Å². The summed E-state index contributed by atoms with van der Waals surface area (Å²) in [5.74, 6) is -0.658. The molecule has 96 valence electrons. The zero-order valence-electron chi connectivity index (χ0n) is 9.58. The summed E-state index contributed by atoms with van der Waals surface area (Å²) < 4.78 is 18.7. The monoisotopic (exact) mass is 261 g/mol. The number of nitrogens with zero attached hydrogens (tertiary/aromatic N) is 1. The third-order valence-corrected chi connectivity index (χ3v) is 2.39. The summed E-state index contributed by atoms with van der Waals surface area (Å²) in [5.41, 5.74) is -0.322. The lowest BCUT2D eigenvalue weighted by atomic mass is 10.2. The Labute approximate surface area is 107 Å². The van der Waals surface area contributed by atoms with E-state index in [0.717, 1.165) is 12.1 Å². The van der Waals surface area contributed by atoms with Crippen LogP contribution in [0.1, 0.15) is 10.4 Å². The number of nitro benzene ring substituents is 1. The first-order chi connectivity index (χ1) is 9.11. The van der Waals surface area contributed by atoms with Crippen LogP contribution in [0.2, 0.25) is 0 Å². The smallest absolute Gasteiger partial charge is 0.305 e. The van der Waals surface area contributed by atoms with Crippen LogP contribution >= 0.6 is 0 Å². The molecule has 2 aromatic rings. The van der Waals surface area contributed by atoms with Crippen molar-refractivity contribution in [3.63, 3.8) is 0 Å². The average Bonchev–Trinajstić information content (AvgIpc) is 2.39. The summed E-state index contributed by atoms with van der Waals surface area (Å²) in [5, 5.41) is 10.5. The molecule has 6 heteroatoms. The van der Waals surface area contributed by atoms with Crippen LogP contribution in [0.25, 0.3) is 0 Å². The predicted octanol–water partition coefficient (Wildman–Crippen LogP) is 3.34. The first kappa shape index (κ1) is 12.7. The van der Waals surface area contributed by atoms with Gasteiger partial charge in [0, 0.05) is 12.1 Å². The number of benzene rings is 2. The van der Waals surface area contributed by atoms with Crippen LogP contribution in [0.15, 0.2) is 42.5 Å². The zero-order chi connectivity index (χ0) is 13.8. The molecule has 0 fully saturated rings. The highest BCUT2D eigenvalue weighted by Gasteiger charge is 2.15. The molecule has 5 nitrogen and oxygen atoms in total. The van der Waals surface area contributed by atoms with Gasteiger partial charge in [-0.25, -0.2) is 0 Å². The lowest BCUT2D eigenvalue weighted by Crippen LogP contribution is -1.94. The van der Waals surface area contributed by atoms with Crippen LogP contribution < -0.4 is 4.74 Å². The van der Waals surface area contributed by atoms with E-state index in [-0.39, 0.29) is 11.5 Å². The van der Waals surface area contributed by atoms with E-state index in [2.05, 4.69) is 0 Å². The Morgan fingerprint density at radius 1 is 1.21 bits per heavy atom. The Bertz CT molecular complexity index is 642. The fourth-order valence-electron chi connectivity index (χ4n) is 1.50. The summed E-state index contributed by atoms with van der Waals surface area (Å²) in [6.45, 7) is 0. The van der Waals surface area contributed by atoms with Crippen LogP contribution in [0.5, 0.6) is 11.5 Å². The molecule has 0 N–H and O–H groups in total. The first-order valence-electron chi connectivity index (χ1n) is 5.28. The number of carbonyl (C=O) groups excluding carboxylic acids is 1. The molecule has 0 heterocycles. The van der Waals surface area contributed by atoms with Crippen LogP contribution in [0.3, 0.4) is 0 Å². The second kappa shape index (κ2) is 5.26. The molecular formula is C13H8FNO4. The maximum atomic E-state index is 13.4. The van der Waals surface area contributed by atoms with Crippen LogP contribution in [-0.4, -0.2) is 11.2 Å². The predicted molar refractivity (Wildman–Crippen MR) is 65.0 cm³/mol. The summed E-state index contributed by atoms with van der Waals surface area (Å²) in [4.78, 5) is 20.4. The van der Waals surface area contributed by atoms with Gasteiger partial charge in [-0.15, -0.1) is 0 Å². The van der Waals surface area contributed by atoms with Crippen LogP contribution in [0, 0.1) is 15.9 Å². The Kier molecular flexibility index (Phi) is 3.51. The molecule has 0 saturated heterocycles. The molecule has 0 spiro atoms. The van der Waals surface area contributed by atoms with Crippen molar-refractivity contribution in [3.8, 4) is 11.5 Å². The maximum absolute atomic E-state index is 13.4. The van der Waals surface area contributed by atoms with Crippen molar-refractivity contribution in [3.05, 3.63) is 64.0 Å². The fraction of sp³-hybridized carbons (Fsp3) is 0. The molecule has 0 aliphatic rings. The molecule has 0 atom stereocenters. The van der Waals surface area contributed by atoms with Gasteiger partial charge in [-0.2, -0.15) is 4.39 Å². The number of aldehydes is 1. The molecule has 2 rings (SSSR count). The fourth-order valence-corrected chi connectivity index (χ4v) is 1.50. The van der Waals surface area contributed by atoms with E-state index in [1.54, 1.807) is 24.3 Å². The third kappa shape index (κ3) is 2.74. The van der Waals surface area contributed by atoms with Crippen molar-refractivity contribution in [2.24, 2.45) is 0 Å². The van der Waals surface area contributed by atoms with E-state index in [0.29, 0.717) is 11.8 Å². The second-order valence-electron chi connectivity index (χ2n) is 3.63. The quantitative estimate of drug-likeness (QED) is 0.480. The molecule has 19 heavy (non-hydrogen) atoms. The highest BCUT2D eigenvalue weighted by atomic mass is 19.1. The van der Waals surface area contributed by atoms with Gasteiger partial charge in [0.15, 0.2) is 6.29 Å². The molecule has 0 aliphatic carbocycles. The number of ether oxygens (including phenoxy) is 1. The van der Waals surface area contributed by atoms with Gasteiger partial charge < -0.3 is 4.74 Å². The highest BCUT2D eigenvalue weighted by Crippen LogP contribution is 2.28. The number of nitro groups is 1. The van der Waals surface area contributed by atoms with Gasteiger partial charge in [0.05, 0.1) is 10.5 Å². The van der Waals surface area contributed by atoms with Crippen LogP contribution in [0.4, 0.5) is 10.1 Å². The zero-order valence-corrected chi connectivity index (χ0v) is 9.58. The van der Waals surface area contributed by atoms with Crippen molar-refractivity contribution in [2.75, 3.05) is 0 Å². The summed E-state index contributed by atoms with van der Waals surface area (Å²) in [6, 6.07) is 9.58. The molecule has 0 radical (unpaired) electrons. The molecule has 0 bridgehead atoms. The molecule has 2 aromatic carbocycles. The average molecular weight is 261 g/mol. The Balaban J connectivity index is 2.31. The van der Waals surface area contributed by atoms with Crippen molar-refractivity contribution in [1.29, 1.82) is 0 Å². The molecule has 0 aliphatic heterocycles. The van der Waals surface area contributed by atoms with Gasteiger partial charge in [0.2, 0.25) is 5.82 Å². The van der Waals surface area contributed by atoms with Gasteiger partial charge in [-0.1, -0.05) is 12.1 Å². The number of carbonyl (C=O) groups is 1. The molecule has 0 aromatic heterocycles. The topological polar surface area (TPSA) is 69.4 Å². The van der Waals surface area contributed by atoms with Gasteiger partial charge in [-0.3, -0.25) is 14.9 Å². The van der Waals surface area contributed by atoms with E-state index < -0.39 is 16.4 Å². The lowest BCUT2D eigenvalue weighted by molar-refractivity contribution is -0.387. The number of para-hydroxylation sites is 1. The van der Waals surface area contributed by atoms with E-state index in [1.807, 2.05) is 0 Å². The van der Waals surface area contributed by atoms with Gasteiger partial charge in [-0.05, 0) is 18.2 Å². The van der Waals surface area contributed by atoms with Gasteiger partial charge >= 0.3 is 5.69 Å². The largest absolute Gasteiger partial charge is 0.457 e. The van der Waals surface area contributed by atoms with Crippen molar-refractivity contribution in [1.82, 2.24) is 0 Å². The Hall–Kier alpha value is -2.76. The Morgan fingerprint density at radius 2 is 1.95 bits per heavy atom. The van der Waals surface area contributed by atoms with Crippen molar-refractivity contribution >= 4 is 12.0 Å². The highest BCUT2D eigenvalue weighted by molar-refractivity contribution is 5.79. The minimum atomic E-state index is -0.994. The number of hydrogen-bond acceptors (Lipinski definition) is 4. The normalized spacial score (nSPS) is 9.95. The minimum Gasteiger partial charge on any atom is -0.457 e. The maximum Gasteiger partial charge on any atom is 0.305 e. The first-order valence-corrected chi connectivity index (χ1v) is 5.28. The summed E-state index contributed by atoms with van der Waals surface area (Å²) in [6.07, 6.45) is 0.608. The number of rotatable bonds is 4. The summed E-state index contributed by atoms with van der Waals surface area (Å²) in [7, 11) is 0. The minimum absolute atomic E-state index is 0.0809. The summed E-state index contributed by atoms with van der Waals surface area (Å²) >= 11 is 0. The molecule has 0 unspecified atom stereocenters. The number of hydrogen-bond donors (Lipinski definition) is 0. The SMILES string of the molecule is O=Cc1ccccc1Oc1ccc([N+](=O)[O-])c(F)c1. The van der Waals surface area contributed by atoms with E-state index in [4.69, 9.17) is 4.74 Å². The third-order valence-electron chi connectivity index (χ3n) is 2.39. The lowest BCUT2D eigenvalue weighted by Gasteiger charge is -2.07. The van der Waals surface area contributed by atoms with Crippen LogP contribution in [-0.2, 0) is 0 Å². The molecule has 0 saturated carbocycles. The van der Waals surface area contributed by atoms with E-state index in [1.165, 1.54) is 6.07 Å². The standard InChI is InChI=1S/C13H8FNO4/c14-11-7-10(5-6-12(11)15(17)18)19-13-4-2-1-3-9(13)8-16/h1-8H.